The van der Waals surface area contributed by atoms with Crippen LogP contribution < -0.4 is 10.6 Å². The number of thiocarbonyl (C=S) groups is 1. The normalized spacial score (nSPS) is 15.8. The lowest BCUT2D eigenvalue weighted by atomic mass is 10.2. The highest BCUT2D eigenvalue weighted by molar-refractivity contribution is 8.24. The SMILES string of the molecule is O=C(CCCN1C(=O)C(CC(=O)Nc2ccc(Cl)cc2)SC1=S)Nc1ccc(Cl)cc1. The third kappa shape index (κ3) is 6.93. The van der Waals surface area contributed by atoms with E-state index < -0.39 is 5.25 Å². The lowest BCUT2D eigenvalue weighted by Crippen LogP contribution is -2.34. The molecule has 0 aromatic heterocycles. The van der Waals surface area contributed by atoms with Crippen molar-refractivity contribution in [2.75, 3.05) is 17.2 Å². The van der Waals surface area contributed by atoms with Crippen LogP contribution >= 0.6 is 47.2 Å². The van der Waals surface area contributed by atoms with Crippen LogP contribution in [0, 0.1) is 0 Å². The molecule has 10 heteroatoms. The molecule has 0 radical (unpaired) electrons. The van der Waals surface area contributed by atoms with Crippen LogP contribution in [0.3, 0.4) is 0 Å². The van der Waals surface area contributed by atoms with Gasteiger partial charge in [0.1, 0.15) is 4.32 Å². The number of hydrogen-bond donors (Lipinski definition) is 2. The van der Waals surface area contributed by atoms with E-state index in [9.17, 15) is 14.4 Å². The molecule has 1 unspecified atom stereocenters. The number of hydrogen-bond acceptors (Lipinski definition) is 5. The minimum atomic E-state index is -0.567. The Morgan fingerprint density at radius 3 is 2.00 bits per heavy atom. The molecule has 2 aromatic carbocycles. The Bertz CT molecular complexity index is 984. The second-order valence-electron chi connectivity index (χ2n) is 6.78. The van der Waals surface area contributed by atoms with Gasteiger partial charge in [-0.2, -0.15) is 0 Å². The maximum atomic E-state index is 12.7. The zero-order valence-corrected chi connectivity index (χ0v) is 19.4. The number of rotatable bonds is 8. The summed E-state index contributed by atoms with van der Waals surface area (Å²) < 4.78 is 0.424. The molecule has 0 bridgehead atoms. The van der Waals surface area contributed by atoms with Crippen molar-refractivity contribution in [3.05, 3.63) is 58.6 Å². The molecule has 0 saturated carbocycles. The van der Waals surface area contributed by atoms with Gasteiger partial charge in [0, 0.05) is 40.8 Å². The minimum Gasteiger partial charge on any atom is -0.326 e. The van der Waals surface area contributed by atoms with E-state index in [1.54, 1.807) is 48.5 Å². The zero-order chi connectivity index (χ0) is 22.4. The number of benzene rings is 2. The molecule has 2 N–H and O–H groups in total. The van der Waals surface area contributed by atoms with Crippen LogP contribution in [0.15, 0.2) is 48.5 Å². The third-order valence-electron chi connectivity index (χ3n) is 4.42. The van der Waals surface area contributed by atoms with Gasteiger partial charge in [-0.05, 0) is 55.0 Å². The van der Waals surface area contributed by atoms with Gasteiger partial charge in [-0.1, -0.05) is 47.2 Å². The molecule has 162 valence electrons. The van der Waals surface area contributed by atoms with Gasteiger partial charge < -0.3 is 10.6 Å². The van der Waals surface area contributed by atoms with E-state index in [0.717, 1.165) is 0 Å². The first-order valence-corrected chi connectivity index (χ1v) is 11.5. The average molecular weight is 496 g/mol. The average Bonchev–Trinajstić information content (AvgIpc) is 2.98. The standard InChI is InChI=1S/C21H19Cl2N3O3S2/c22-13-3-7-15(8-4-13)24-18(27)2-1-11-26-20(29)17(31-21(26)30)12-19(28)25-16-9-5-14(23)6-10-16/h3-10,17H,1-2,11-12H2,(H,24,27)(H,25,28). The molecule has 1 aliphatic rings. The van der Waals surface area contributed by atoms with E-state index in [-0.39, 0.29) is 30.6 Å². The van der Waals surface area contributed by atoms with Gasteiger partial charge in [0.15, 0.2) is 0 Å². The zero-order valence-electron chi connectivity index (χ0n) is 16.3. The first kappa shape index (κ1) is 23.5. The summed E-state index contributed by atoms with van der Waals surface area (Å²) in [4.78, 5) is 38.5. The fourth-order valence-electron chi connectivity index (χ4n) is 2.90. The summed E-state index contributed by atoms with van der Waals surface area (Å²) in [6, 6.07) is 13.5. The number of amides is 3. The molecule has 1 saturated heterocycles. The van der Waals surface area contributed by atoms with E-state index in [0.29, 0.717) is 38.7 Å². The number of anilines is 2. The Balaban J connectivity index is 1.44. The number of halogens is 2. The van der Waals surface area contributed by atoms with Gasteiger partial charge >= 0.3 is 0 Å². The van der Waals surface area contributed by atoms with Crippen molar-refractivity contribution in [2.45, 2.75) is 24.5 Å². The minimum absolute atomic E-state index is 0.0137. The molecule has 31 heavy (non-hydrogen) atoms. The Morgan fingerprint density at radius 1 is 0.935 bits per heavy atom. The Kier molecular flexibility index (Phi) is 8.31. The van der Waals surface area contributed by atoms with Crippen LogP contribution in [0.25, 0.3) is 0 Å². The molecule has 1 aliphatic heterocycles. The van der Waals surface area contributed by atoms with Gasteiger partial charge in [0.25, 0.3) is 0 Å². The second kappa shape index (κ2) is 10.9. The highest BCUT2D eigenvalue weighted by Crippen LogP contribution is 2.30. The topological polar surface area (TPSA) is 78.5 Å². The summed E-state index contributed by atoms with van der Waals surface area (Å²) in [5, 5.41) is 6.12. The van der Waals surface area contributed by atoms with E-state index in [1.165, 1.54) is 16.7 Å². The summed E-state index contributed by atoms with van der Waals surface area (Å²) in [7, 11) is 0. The Labute approximate surface area is 199 Å². The molecule has 1 heterocycles. The summed E-state index contributed by atoms with van der Waals surface area (Å²) in [5.41, 5.74) is 1.26. The molecule has 1 fully saturated rings. The highest BCUT2D eigenvalue weighted by atomic mass is 35.5. The largest absolute Gasteiger partial charge is 0.326 e. The van der Waals surface area contributed by atoms with Crippen LogP contribution in [-0.4, -0.2) is 38.7 Å². The predicted octanol–water partition coefficient (Wildman–Crippen LogP) is 4.97. The molecule has 3 amide bonds. The maximum absolute atomic E-state index is 12.7. The van der Waals surface area contributed by atoms with E-state index in [2.05, 4.69) is 10.6 Å². The molecule has 1 atom stereocenters. The molecular weight excluding hydrogens is 477 g/mol. The first-order valence-electron chi connectivity index (χ1n) is 9.44. The lowest BCUT2D eigenvalue weighted by Gasteiger charge is -2.15. The first-order chi connectivity index (χ1) is 14.8. The fourth-order valence-corrected chi connectivity index (χ4v) is 4.69. The van der Waals surface area contributed by atoms with Crippen molar-refractivity contribution < 1.29 is 14.4 Å². The number of nitrogens with zero attached hydrogens (tertiary/aromatic N) is 1. The molecular formula is C21H19Cl2N3O3S2. The quantitative estimate of drug-likeness (QED) is 0.505. The van der Waals surface area contributed by atoms with Gasteiger partial charge in [-0.25, -0.2) is 0 Å². The predicted molar refractivity (Wildman–Crippen MR) is 130 cm³/mol. The molecule has 0 aliphatic carbocycles. The van der Waals surface area contributed by atoms with Crippen LogP contribution in [0.4, 0.5) is 11.4 Å². The monoisotopic (exact) mass is 495 g/mol. The Morgan fingerprint density at radius 2 is 1.45 bits per heavy atom. The van der Waals surface area contributed by atoms with Crippen molar-refractivity contribution >= 4 is 80.6 Å². The molecule has 3 rings (SSSR count). The van der Waals surface area contributed by atoms with Crippen molar-refractivity contribution in [2.24, 2.45) is 0 Å². The van der Waals surface area contributed by atoms with Gasteiger partial charge in [0.2, 0.25) is 17.7 Å². The Hall–Kier alpha value is -2.13. The van der Waals surface area contributed by atoms with Crippen LogP contribution in [-0.2, 0) is 14.4 Å². The summed E-state index contributed by atoms with van der Waals surface area (Å²) in [5.74, 6) is -0.647. The van der Waals surface area contributed by atoms with Gasteiger partial charge in [0.05, 0.1) is 5.25 Å². The van der Waals surface area contributed by atoms with Crippen molar-refractivity contribution in [3.63, 3.8) is 0 Å². The molecule has 6 nitrogen and oxygen atoms in total. The van der Waals surface area contributed by atoms with Crippen LogP contribution in [0.2, 0.25) is 10.0 Å². The number of carbonyl (C=O) groups excluding carboxylic acids is 3. The number of carbonyl (C=O) groups is 3. The lowest BCUT2D eigenvalue weighted by molar-refractivity contribution is -0.128. The van der Waals surface area contributed by atoms with Crippen LogP contribution in [0.5, 0.6) is 0 Å². The fraction of sp³-hybridized carbons (Fsp3) is 0.238. The number of nitrogens with one attached hydrogen (secondary N) is 2. The summed E-state index contributed by atoms with van der Waals surface area (Å²) in [6.07, 6.45) is 0.705. The van der Waals surface area contributed by atoms with E-state index >= 15 is 0 Å². The van der Waals surface area contributed by atoms with E-state index in [4.69, 9.17) is 35.4 Å². The highest BCUT2D eigenvalue weighted by Gasteiger charge is 2.37. The second-order valence-corrected chi connectivity index (χ2v) is 9.49. The van der Waals surface area contributed by atoms with Crippen molar-refractivity contribution in [3.8, 4) is 0 Å². The van der Waals surface area contributed by atoms with Crippen LogP contribution in [0.1, 0.15) is 19.3 Å². The van der Waals surface area contributed by atoms with Crippen molar-refractivity contribution in [1.82, 2.24) is 4.90 Å². The number of thioether (sulfide) groups is 1. The van der Waals surface area contributed by atoms with E-state index in [1.807, 2.05) is 0 Å². The van der Waals surface area contributed by atoms with Gasteiger partial charge in [-0.3, -0.25) is 19.3 Å². The van der Waals surface area contributed by atoms with Crippen molar-refractivity contribution in [1.29, 1.82) is 0 Å². The van der Waals surface area contributed by atoms with Gasteiger partial charge in [-0.15, -0.1) is 0 Å². The molecule has 0 spiro atoms. The third-order valence-corrected chi connectivity index (χ3v) is 6.51. The smallest absolute Gasteiger partial charge is 0.242 e. The summed E-state index contributed by atoms with van der Waals surface area (Å²) >= 11 is 18.2. The summed E-state index contributed by atoms with van der Waals surface area (Å²) in [6.45, 7) is 0.327. The maximum Gasteiger partial charge on any atom is 0.242 e. The molecule has 2 aromatic rings.